The van der Waals surface area contributed by atoms with E-state index in [1.165, 1.54) is 17.7 Å². The predicted molar refractivity (Wildman–Crippen MR) is 135 cm³/mol. The molecule has 38 heavy (non-hydrogen) atoms. The van der Waals surface area contributed by atoms with Gasteiger partial charge in [-0.15, -0.1) is 0 Å². The number of hydrogen-bond acceptors (Lipinski definition) is 2. The van der Waals surface area contributed by atoms with E-state index >= 15 is 26.3 Å². The molecule has 4 rings (SSSR count). The minimum absolute atomic E-state index is 0.0515. The lowest BCUT2D eigenvalue weighted by molar-refractivity contribution is -0.228. The minimum atomic E-state index is -4.96. The van der Waals surface area contributed by atoms with Gasteiger partial charge in [-0.2, -0.15) is 17.6 Å². The van der Waals surface area contributed by atoms with Crippen LogP contribution >= 0.6 is 0 Å². The number of aryl methyl sites for hydroxylation is 1. The van der Waals surface area contributed by atoms with Gasteiger partial charge in [-0.1, -0.05) is 51.3 Å². The summed E-state index contributed by atoms with van der Waals surface area (Å²) in [6.07, 6.45) is 8.56. The Hall–Kier alpha value is -2.48. The smallest absolute Gasteiger partial charge is 0.343 e. The van der Waals surface area contributed by atoms with Crippen LogP contribution in [0.15, 0.2) is 35.9 Å². The van der Waals surface area contributed by atoms with Gasteiger partial charge in [0.1, 0.15) is 5.82 Å². The topological polar surface area (TPSA) is 18.5 Å². The number of benzene rings is 2. The van der Waals surface area contributed by atoms with Crippen molar-refractivity contribution in [3.05, 3.63) is 64.2 Å². The van der Waals surface area contributed by atoms with E-state index in [0.717, 1.165) is 44.2 Å². The summed E-state index contributed by atoms with van der Waals surface area (Å²) in [5, 5.41) is 0. The van der Waals surface area contributed by atoms with E-state index in [-0.39, 0.29) is 24.7 Å². The van der Waals surface area contributed by atoms with E-state index in [1.54, 1.807) is 0 Å². The maximum atomic E-state index is 15.5. The van der Waals surface area contributed by atoms with Crippen LogP contribution in [0.2, 0.25) is 0 Å². The van der Waals surface area contributed by atoms with E-state index in [1.807, 2.05) is 6.92 Å². The van der Waals surface area contributed by atoms with Gasteiger partial charge < -0.3 is 9.47 Å². The van der Waals surface area contributed by atoms with Gasteiger partial charge >= 0.3 is 11.8 Å². The number of halogens is 6. The highest BCUT2D eigenvalue weighted by Gasteiger charge is 2.65. The minimum Gasteiger partial charge on any atom is -0.491 e. The Labute approximate surface area is 220 Å². The number of alkyl halides is 4. The first-order valence-electron chi connectivity index (χ1n) is 13.5. The van der Waals surface area contributed by atoms with Crippen molar-refractivity contribution in [2.75, 3.05) is 13.2 Å². The third-order valence-corrected chi connectivity index (χ3v) is 7.41. The maximum absolute atomic E-state index is 15.5. The molecule has 0 saturated carbocycles. The number of unbranched alkanes of at least 4 members (excludes halogenated alkanes) is 3. The lowest BCUT2D eigenvalue weighted by Crippen LogP contribution is -2.41. The van der Waals surface area contributed by atoms with Gasteiger partial charge in [0.2, 0.25) is 0 Å². The van der Waals surface area contributed by atoms with Crippen LogP contribution in [0.3, 0.4) is 0 Å². The lowest BCUT2D eigenvalue weighted by Gasteiger charge is -2.36. The van der Waals surface area contributed by atoms with Gasteiger partial charge in [0, 0.05) is 0 Å². The molecule has 1 heterocycles. The Kier molecular flexibility index (Phi) is 8.80. The largest absolute Gasteiger partial charge is 0.491 e. The highest BCUT2D eigenvalue weighted by Crippen LogP contribution is 2.60. The molecule has 2 aliphatic rings. The highest BCUT2D eigenvalue weighted by atomic mass is 19.3. The molecule has 1 aliphatic carbocycles. The number of rotatable bonds is 11. The summed E-state index contributed by atoms with van der Waals surface area (Å²) in [5.41, 5.74) is -2.63. The van der Waals surface area contributed by atoms with Crippen molar-refractivity contribution in [1.29, 1.82) is 0 Å². The van der Waals surface area contributed by atoms with E-state index in [0.29, 0.717) is 25.9 Å². The van der Waals surface area contributed by atoms with Crippen molar-refractivity contribution in [2.45, 2.75) is 89.6 Å². The molecular formula is C30H34F6O2. The van der Waals surface area contributed by atoms with Crippen LogP contribution in [0.5, 0.6) is 5.75 Å². The molecule has 0 spiro atoms. The molecule has 1 atom stereocenters. The average Bonchev–Trinajstić information content (AvgIpc) is 2.88. The average molecular weight is 541 g/mol. The van der Waals surface area contributed by atoms with Gasteiger partial charge in [0.05, 0.1) is 30.4 Å². The molecular weight excluding hydrogens is 506 g/mol. The van der Waals surface area contributed by atoms with Crippen LogP contribution in [-0.4, -0.2) is 19.3 Å². The lowest BCUT2D eigenvalue weighted by atomic mass is 9.78. The van der Waals surface area contributed by atoms with Crippen LogP contribution < -0.4 is 4.74 Å². The molecule has 1 aliphatic heterocycles. The molecule has 0 aromatic heterocycles. The second-order valence-corrected chi connectivity index (χ2v) is 10.1. The maximum Gasteiger partial charge on any atom is 0.343 e. The van der Waals surface area contributed by atoms with Gasteiger partial charge in [-0.3, -0.25) is 0 Å². The quantitative estimate of drug-likeness (QED) is 0.161. The number of fused-ring (bicyclic) bond motifs is 3. The third kappa shape index (κ3) is 5.33. The second-order valence-electron chi connectivity index (χ2n) is 10.1. The molecule has 2 aromatic rings. The molecule has 8 heteroatoms. The van der Waals surface area contributed by atoms with Gasteiger partial charge in [-0.25, -0.2) is 8.78 Å². The molecule has 0 N–H and O–H groups in total. The zero-order valence-corrected chi connectivity index (χ0v) is 21.8. The van der Waals surface area contributed by atoms with E-state index in [4.69, 9.17) is 9.47 Å². The third-order valence-electron chi connectivity index (χ3n) is 7.41. The Morgan fingerprint density at radius 1 is 0.842 bits per heavy atom. The molecule has 2 nitrogen and oxygen atoms in total. The Morgan fingerprint density at radius 2 is 1.50 bits per heavy atom. The van der Waals surface area contributed by atoms with E-state index in [9.17, 15) is 0 Å². The first kappa shape index (κ1) is 28.5. The fourth-order valence-corrected chi connectivity index (χ4v) is 5.13. The highest BCUT2D eigenvalue weighted by molar-refractivity contribution is 5.77. The van der Waals surface area contributed by atoms with Gasteiger partial charge in [0.15, 0.2) is 11.6 Å². The van der Waals surface area contributed by atoms with Crippen LogP contribution in [-0.2, 0) is 23.0 Å². The summed E-state index contributed by atoms with van der Waals surface area (Å²) in [4.78, 5) is 0. The fraction of sp³-hybridized carbons (Fsp3) is 0.533. The van der Waals surface area contributed by atoms with Crippen molar-refractivity contribution in [2.24, 2.45) is 0 Å². The van der Waals surface area contributed by atoms with Crippen LogP contribution in [0.4, 0.5) is 26.3 Å². The van der Waals surface area contributed by atoms with Crippen molar-refractivity contribution < 1.29 is 35.8 Å². The summed E-state index contributed by atoms with van der Waals surface area (Å²) in [5.74, 6) is -13.4. The summed E-state index contributed by atoms with van der Waals surface area (Å²) < 4.78 is 102. The van der Waals surface area contributed by atoms with E-state index < -0.39 is 51.5 Å². The van der Waals surface area contributed by atoms with Crippen molar-refractivity contribution in [3.63, 3.8) is 0 Å². The molecule has 0 radical (unpaired) electrons. The predicted octanol–water partition coefficient (Wildman–Crippen LogP) is 9.24. The molecule has 0 bridgehead atoms. The van der Waals surface area contributed by atoms with E-state index in [2.05, 4.69) is 13.0 Å². The van der Waals surface area contributed by atoms with Crippen molar-refractivity contribution >= 4 is 0 Å². The number of hydrogen-bond donors (Lipinski definition) is 0. The fourth-order valence-electron chi connectivity index (χ4n) is 5.13. The zero-order valence-electron chi connectivity index (χ0n) is 21.8. The zero-order chi connectivity index (χ0) is 27.5. The number of ether oxygens (including phenoxy) is 2. The SMILES string of the molecule is CCCCCC1=CCC(CCc2ccc3c(c2F)C(F)(F)C(F)(F)c2c-3ccc(OCCCC)c2F)OC1. The second kappa shape index (κ2) is 11.7. The van der Waals surface area contributed by atoms with Gasteiger partial charge in [0.25, 0.3) is 0 Å². The monoisotopic (exact) mass is 540 g/mol. The Balaban J connectivity index is 1.58. The molecule has 0 amide bonds. The molecule has 208 valence electrons. The summed E-state index contributed by atoms with van der Waals surface area (Å²) >= 11 is 0. The van der Waals surface area contributed by atoms with Gasteiger partial charge in [-0.05, 0) is 72.9 Å². The normalized spacial score (nSPS) is 19.5. The molecule has 0 saturated heterocycles. The van der Waals surface area contributed by atoms with Crippen LogP contribution in [0, 0.1) is 11.6 Å². The Bertz CT molecular complexity index is 1170. The molecule has 1 unspecified atom stereocenters. The summed E-state index contributed by atoms with van der Waals surface area (Å²) in [6, 6.07) is 4.72. The first-order chi connectivity index (χ1) is 18.1. The Morgan fingerprint density at radius 3 is 2.13 bits per heavy atom. The molecule has 0 fully saturated rings. The van der Waals surface area contributed by atoms with Crippen molar-refractivity contribution in [1.82, 2.24) is 0 Å². The van der Waals surface area contributed by atoms with Crippen LogP contribution in [0.1, 0.15) is 81.9 Å². The summed E-state index contributed by atoms with van der Waals surface area (Å²) in [7, 11) is 0. The standard InChI is InChI=1S/C30H34F6O2/c1-3-5-7-8-19-9-12-21(38-18-19)13-10-20-11-14-22-23-15-16-24(37-17-6-4-2)28(32)26(23)30(35,36)29(33,34)25(22)27(20)31/h9,11,14-16,21H,3-8,10,12-13,17-18H2,1-2H3. The first-order valence-corrected chi connectivity index (χ1v) is 13.5. The summed E-state index contributed by atoms with van der Waals surface area (Å²) in [6.45, 7) is 4.54. The molecule has 2 aromatic carbocycles. The van der Waals surface area contributed by atoms with Crippen molar-refractivity contribution in [3.8, 4) is 16.9 Å². The van der Waals surface area contributed by atoms with Crippen LogP contribution in [0.25, 0.3) is 11.1 Å².